The van der Waals surface area contributed by atoms with E-state index >= 15 is 0 Å². The van der Waals surface area contributed by atoms with E-state index in [-0.39, 0.29) is 24.6 Å². The average Bonchev–Trinajstić information content (AvgIpc) is 2.74. The number of aliphatic hydroxyl groups is 1. The third-order valence-electron chi connectivity index (χ3n) is 4.38. The third kappa shape index (κ3) is 8.01. The number of aliphatic imine (C=N–C) groups is 1. The minimum Gasteiger partial charge on any atom is -0.493 e. The van der Waals surface area contributed by atoms with Gasteiger partial charge in [-0.05, 0) is 37.1 Å². The molecule has 0 fully saturated rings. The number of alkyl halides is 3. The van der Waals surface area contributed by atoms with Crippen molar-refractivity contribution in [3.05, 3.63) is 59.7 Å². The molecule has 170 valence electrons. The zero-order valence-electron chi connectivity index (χ0n) is 17.8. The molecule has 0 heterocycles. The van der Waals surface area contributed by atoms with Gasteiger partial charge in [-0.2, -0.15) is 13.2 Å². The second-order valence-corrected chi connectivity index (χ2v) is 7.08. The first-order chi connectivity index (χ1) is 14.6. The van der Waals surface area contributed by atoms with Crippen LogP contribution in [0.4, 0.5) is 13.2 Å². The Balaban J connectivity index is 2.05. The van der Waals surface area contributed by atoms with Crippen LogP contribution in [0.2, 0.25) is 0 Å². The summed E-state index contributed by atoms with van der Waals surface area (Å²) in [5.41, 5.74) is 0.402. The summed E-state index contributed by atoms with van der Waals surface area (Å²) in [7, 11) is 1.36. The summed E-state index contributed by atoms with van der Waals surface area (Å²) < 4.78 is 47.1. The molecule has 3 N–H and O–H groups in total. The van der Waals surface area contributed by atoms with Crippen LogP contribution in [0.5, 0.6) is 11.5 Å². The number of methoxy groups -OCH3 is 1. The van der Waals surface area contributed by atoms with Crippen LogP contribution in [0, 0.1) is 0 Å². The molecular formula is C22H28F3N3O3. The Morgan fingerprint density at radius 1 is 1.06 bits per heavy atom. The first kappa shape index (κ1) is 24.3. The lowest BCUT2D eigenvalue weighted by Gasteiger charge is -2.25. The molecule has 0 saturated heterocycles. The van der Waals surface area contributed by atoms with Gasteiger partial charge in [0.15, 0.2) is 24.1 Å². The van der Waals surface area contributed by atoms with Gasteiger partial charge < -0.3 is 25.2 Å². The molecule has 0 aromatic heterocycles. The fourth-order valence-electron chi connectivity index (χ4n) is 2.76. The van der Waals surface area contributed by atoms with Gasteiger partial charge in [0.25, 0.3) is 0 Å². The average molecular weight is 439 g/mol. The Morgan fingerprint density at radius 3 is 2.39 bits per heavy atom. The van der Waals surface area contributed by atoms with E-state index in [4.69, 9.17) is 9.47 Å². The fourth-order valence-corrected chi connectivity index (χ4v) is 2.76. The predicted octanol–water partition coefficient (Wildman–Crippen LogP) is 3.60. The molecule has 9 heteroatoms. The second kappa shape index (κ2) is 10.9. The second-order valence-electron chi connectivity index (χ2n) is 7.08. The van der Waals surface area contributed by atoms with Crippen molar-refractivity contribution in [2.75, 3.05) is 26.8 Å². The van der Waals surface area contributed by atoms with Crippen molar-refractivity contribution in [1.82, 2.24) is 10.6 Å². The molecule has 31 heavy (non-hydrogen) atoms. The summed E-state index contributed by atoms with van der Waals surface area (Å²) in [6.07, 6.45) is -4.43. The van der Waals surface area contributed by atoms with Gasteiger partial charge in [-0.1, -0.05) is 36.4 Å². The maximum atomic E-state index is 12.4. The maximum Gasteiger partial charge on any atom is 0.422 e. The molecule has 0 amide bonds. The number of halogens is 3. The van der Waals surface area contributed by atoms with E-state index in [9.17, 15) is 18.3 Å². The number of hydrogen-bond donors (Lipinski definition) is 3. The largest absolute Gasteiger partial charge is 0.493 e. The SMILES string of the molecule is CCNC(=NCc1ccc(OCC(F)(F)F)c(OC)c1)NCC(C)(O)c1ccccc1. The normalized spacial score (nSPS) is 14.0. The van der Waals surface area contributed by atoms with Crippen LogP contribution in [0.1, 0.15) is 25.0 Å². The minimum absolute atomic E-state index is 0.0106. The van der Waals surface area contributed by atoms with Crippen LogP contribution in [0.3, 0.4) is 0 Å². The van der Waals surface area contributed by atoms with Crippen molar-refractivity contribution in [1.29, 1.82) is 0 Å². The summed E-state index contributed by atoms with van der Waals surface area (Å²) >= 11 is 0. The van der Waals surface area contributed by atoms with Gasteiger partial charge in [0.05, 0.1) is 20.2 Å². The molecular weight excluding hydrogens is 411 g/mol. The molecule has 0 aliphatic heterocycles. The van der Waals surface area contributed by atoms with Crippen molar-refractivity contribution in [2.24, 2.45) is 4.99 Å². The lowest BCUT2D eigenvalue weighted by molar-refractivity contribution is -0.153. The van der Waals surface area contributed by atoms with Crippen LogP contribution >= 0.6 is 0 Å². The predicted molar refractivity (Wildman–Crippen MR) is 113 cm³/mol. The van der Waals surface area contributed by atoms with Gasteiger partial charge >= 0.3 is 6.18 Å². The molecule has 6 nitrogen and oxygen atoms in total. The Hall–Kier alpha value is -2.94. The molecule has 1 unspecified atom stereocenters. The number of benzene rings is 2. The highest BCUT2D eigenvalue weighted by molar-refractivity contribution is 5.79. The summed E-state index contributed by atoms with van der Waals surface area (Å²) in [6.45, 7) is 3.34. The van der Waals surface area contributed by atoms with Crippen molar-refractivity contribution in [2.45, 2.75) is 32.2 Å². The number of guanidine groups is 1. The minimum atomic E-state index is -4.43. The molecule has 0 saturated carbocycles. The molecule has 1 atom stereocenters. The van der Waals surface area contributed by atoms with Crippen LogP contribution in [0.25, 0.3) is 0 Å². The summed E-state index contributed by atoms with van der Waals surface area (Å²) in [4.78, 5) is 4.48. The first-order valence-corrected chi connectivity index (χ1v) is 9.81. The van der Waals surface area contributed by atoms with Gasteiger partial charge in [0, 0.05) is 6.54 Å². The van der Waals surface area contributed by atoms with Gasteiger partial charge in [0.1, 0.15) is 5.60 Å². The highest BCUT2D eigenvalue weighted by Gasteiger charge is 2.29. The Morgan fingerprint density at radius 2 is 1.77 bits per heavy atom. The topological polar surface area (TPSA) is 75.1 Å². The van der Waals surface area contributed by atoms with E-state index in [2.05, 4.69) is 15.6 Å². The maximum absolute atomic E-state index is 12.4. The zero-order valence-corrected chi connectivity index (χ0v) is 17.8. The molecule has 0 spiro atoms. The zero-order chi connectivity index (χ0) is 22.9. The highest BCUT2D eigenvalue weighted by atomic mass is 19.4. The van der Waals surface area contributed by atoms with Crippen molar-refractivity contribution >= 4 is 5.96 Å². The Kier molecular flexibility index (Phi) is 8.56. The first-order valence-electron chi connectivity index (χ1n) is 9.81. The smallest absolute Gasteiger partial charge is 0.422 e. The van der Waals surface area contributed by atoms with E-state index in [0.717, 1.165) is 11.1 Å². The van der Waals surface area contributed by atoms with Crippen molar-refractivity contribution < 1.29 is 27.8 Å². The summed E-state index contributed by atoms with van der Waals surface area (Å²) in [6, 6.07) is 13.9. The van der Waals surface area contributed by atoms with E-state index in [1.165, 1.54) is 13.2 Å². The number of hydrogen-bond acceptors (Lipinski definition) is 4. The standard InChI is InChI=1S/C22H28F3N3O3/c1-4-26-20(28-14-21(2,29)17-8-6-5-7-9-17)27-13-16-10-11-18(19(12-16)30-3)31-15-22(23,24)25/h5-12,29H,4,13-15H2,1-3H3,(H2,26,27,28). The number of nitrogens with zero attached hydrogens (tertiary/aromatic N) is 1. The van der Waals surface area contributed by atoms with Crippen LogP contribution in [-0.2, 0) is 12.1 Å². The molecule has 2 rings (SSSR count). The van der Waals surface area contributed by atoms with Crippen LogP contribution in [0.15, 0.2) is 53.5 Å². The quantitative estimate of drug-likeness (QED) is 0.411. The number of rotatable bonds is 9. The molecule has 2 aromatic rings. The molecule has 0 radical (unpaired) electrons. The third-order valence-corrected chi connectivity index (χ3v) is 4.38. The van der Waals surface area contributed by atoms with Crippen LogP contribution < -0.4 is 20.1 Å². The van der Waals surface area contributed by atoms with Gasteiger partial charge in [-0.15, -0.1) is 0 Å². The van der Waals surface area contributed by atoms with E-state index in [1.54, 1.807) is 19.1 Å². The van der Waals surface area contributed by atoms with Crippen molar-refractivity contribution in [3.63, 3.8) is 0 Å². The Labute approximate surface area is 180 Å². The number of ether oxygens (including phenoxy) is 2. The fraction of sp³-hybridized carbons (Fsp3) is 0.409. The lowest BCUT2D eigenvalue weighted by atomic mass is 9.96. The van der Waals surface area contributed by atoms with Gasteiger partial charge in [-0.25, -0.2) is 4.99 Å². The molecule has 0 aliphatic carbocycles. The van der Waals surface area contributed by atoms with E-state index < -0.39 is 18.4 Å². The van der Waals surface area contributed by atoms with Crippen LogP contribution in [-0.4, -0.2) is 44.0 Å². The molecule has 0 bridgehead atoms. The van der Waals surface area contributed by atoms with Gasteiger partial charge in [0.2, 0.25) is 0 Å². The van der Waals surface area contributed by atoms with E-state index in [1.807, 2.05) is 37.3 Å². The van der Waals surface area contributed by atoms with Gasteiger partial charge in [-0.3, -0.25) is 0 Å². The molecule has 2 aromatic carbocycles. The van der Waals surface area contributed by atoms with E-state index in [0.29, 0.717) is 12.5 Å². The monoisotopic (exact) mass is 439 g/mol. The lowest BCUT2D eigenvalue weighted by Crippen LogP contribution is -2.44. The van der Waals surface area contributed by atoms with Crippen molar-refractivity contribution in [3.8, 4) is 11.5 Å². The summed E-state index contributed by atoms with van der Waals surface area (Å²) in [5.74, 6) is 0.702. The highest BCUT2D eigenvalue weighted by Crippen LogP contribution is 2.30. The molecule has 0 aliphatic rings. The number of nitrogens with one attached hydrogen (secondary N) is 2. The Bertz CT molecular complexity index is 856. The summed E-state index contributed by atoms with van der Waals surface area (Å²) in [5, 5.41) is 17.0.